The van der Waals surface area contributed by atoms with Crippen molar-refractivity contribution in [2.45, 2.75) is 13.3 Å². The molecule has 0 saturated carbocycles. The molecule has 2 N–H and O–H groups in total. The molecule has 0 heterocycles. The van der Waals surface area contributed by atoms with Gasteiger partial charge in [0.1, 0.15) is 0 Å². The van der Waals surface area contributed by atoms with Gasteiger partial charge in [-0.2, -0.15) is 0 Å². The Labute approximate surface area is 95.1 Å². The third-order valence-electron chi connectivity index (χ3n) is 2.32. The van der Waals surface area contributed by atoms with Crippen LogP contribution >= 0.6 is 0 Å². The first kappa shape index (κ1) is 12.5. The van der Waals surface area contributed by atoms with Gasteiger partial charge in [-0.25, -0.2) is 0 Å². The van der Waals surface area contributed by atoms with Crippen LogP contribution in [-0.4, -0.2) is 41.0 Å². The molecule has 0 aliphatic rings. The van der Waals surface area contributed by atoms with Crippen molar-refractivity contribution in [1.29, 1.82) is 0 Å². The number of benzene rings is 1. The normalized spacial score (nSPS) is 10.7. The Balaban J connectivity index is 2.69. The average Bonchev–Trinajstić information content (AvgIpc) is 2.22. The minimum atomic E-state index is -0.260. The van der Waals surface area contributed by atoms with Gasteiger partial charge in [0.15, 0.2) is 17.3 Å². The third kappa shape index (κ3) is 3.24. The maximum absolute atomic E-state index is 11.8. The van der Waals surface area contributed by atoms with Crippen LogP contribution in [0.5, 0.6) is 11.5 Å². The van der Waals surface area contributed by atoms with Crippen molar-refractivity contribution < 1.29 is 15.0 Å². The summed E-state index contributed by atoms with van der Waals surface area (Å²) in [6.45, 7) is 3.22. The fourth-order valence-corrected chi connectivity index (χ4v) is 1.49. The topological polar surface area (TPSA) is 60.8 Å². The monoisotopic (exact) mass is 223 g/mol. The van der Waals surface area contributed by atoms with Crippen LogP contribution < -0.4 is 0 Å². The van der Waals surface area contributed by atoms with E-state index < -0.39 is 0 Å². The van der Waals surface area contributed by atoms with Crippen molar-refractivity contribution in [3.8, 4) is 11.5 Å². The number of phenols is 2. The summed E-state index contributed by atoms with van der Waals surface area (Å²) >= 11 is 0. The molecular formula is C12H17NO3. The highest BCUT2D eigenvalue weighted by Crippen LogP contribution is 2.24. The van der Waals surface area contributed by atoms with E-state index in [0.29, 0.717) is 12.1 Å². The number of likely N-dealkylation sites (N-methyl/N-ethyl adjacent to an activating group) is 1. The number of hydrogen-bond donors (Lipinski definition) is 2. The SMILES string of the molecule is CCCN(C)CC(=O)c1ccc(O)c(O)c1. The second-order valence-electron chi connectivity index (χ2n) is 3.86. The number of ketones is 1. The molecule has 0 amide bonds. The number of aromatic hydroxyl groups is 2. The van der Waals surface area contributed by atoms with Crippen molar-refractivity contribution in [3.63, 3.8) is 0 Å². The highest BCUT2D eigenvalue weighted by atomic mass is 16.3. The lowest BCUT2D eigenvalue weighted by atomic mass is 10.1. The Morgan fingerprint density at radius 3 is 2.56 bits per heavy atom. The zero-order valence-electron chi connectivity index (χ0n) is 9.60. The van der Waals surface area contributed by atoms with Crippen molar-refractivity contribution in [3.05, 3.63) is 23.8 Å². The van der Waals surface area contributed by atoms with Gasteiger partial charge in [-0.15, -0.1) is 0 Å². The molecule has 0 fully saturated rings. The molecule has 1 aromatic carbocycles. The highest BCUT2D eigenvalue weighted by molar-refractivity contribution is 5.98. The molecule has 0 atom stereocenters. The van der Waals surface area contributed by atoms with Crippen LogP contribution in [0.4, 0.5) is 0 Å². The Kier molecular flexibility index (Phi) is 4.31. The van der Waals surface area contributed by atoms with Crippen molar-refractivity contribution in [2.75, 3.05) is 20.1 Å². The van der Waals surface area contributed by atoms with E-state index in [2.05, 4.69) is 0 Å². The molecular weight excluding hydrogens is 206 g/mol. The Bertz CT molecular complexity index is 377. The molecule has 0 aliphatic carbocycles. The number of hydrogen-bond acceptors (Lipinski definition) is 4. The first-order valence-electron chi connectivity index (χ1n) is 5.28. The molecule has 0 aliphatic heterocycles. The van der Waals surface area contributed by atoms with E-state index in [1.54, 1.807) is 0 Å². The van der Waals surface area contributed by atoms with Gasteiger partial charge in [0.2, 0.25) is 0 Å². The summed E-state index contributed by atoms with van der Waals surface area (Å²) in [6, 6.07) is 4.12. The molecule has 0 aromatic heterocycles. The summed E-state index contributed by atoms with van der Waals surface area (Å²) in [5.74, 6) is -0.534. The van der Waals surface area contributed by atoms with E-state index in [9.17, 15) is 9.90 Å². The van der Waals surface area contributed by atoms with E-state index in [1.807, 2.05) is 18.9 Å². The summed E-state index contributed by atoms with van der Waals surface area (Å²) in [5.41, 5.74) is 0.415. The summed E-state index contributed by atoms with van der Waals surface area (Å²) < 4.78 is 0. The van der Waals surface area contributed by atoms with Gasteiger partial charge < -0.3 is 10.2 Å². The predicted molar refractivity (Wildman–Crippen MR) is 61.9 cm³/mol. The summed E-state index contributed by atoms with van der Waals surface area (Å²) in [4.78, 5) is 13.7. The lowest BCUT2D eigenvalue weighted by Gasteiger charge is -2.14. The lowest BCUT2D eigenvalue weighted by molar-refractivity contribution is 0.0946. The van der Waals surface area contributed by atoms with E-state index in [4.69, 9.17) is 5.11 Å². The average molecular weight is 223 g/mol. The van der Waals surface area contributed by atoms with Crippen LogP contribution in [0.2, 0.25) is 0 Å². The van der Waals surface area contributed by atoms with Crippen molar-refractivity contribution in [1.82, 2.24) is 4.90 Å². The van der Waals surface area contributed by atoms with E-state index in [0.717, 1.165) is 13.0 Å². The van der Waals surface area contributed by atoms with Crippen molar-refractivity contribution in [2.24, 2.45) is 0 Å². The smallest absolute Gasteiger partial charge is 0.176 e. The summed E-state index contributed by atoms with van der Waals surface area (Å²) in [5, 5.41) is 18.4. The molecule has 1 rings (SSSR count). The highest BCUT2D eigenvalue weighted by Gasteiger charge is 2.10. The van der Waals surface area contributed by atoms with Gasteiger partial charge in [-0.1, -0.05) is 6.92 Å². The molecule has 0 bridgehead atoms. The van der Waals surface area contributed by atoms with Gasteiger partial charge in [-0.05, 0) is 38.2 Å². The molecule has 0 saturated heterocycles. The van der Waals surface area contributed by atoms with Crippen LogP contribution in [0.25, 0.3) is 0 Å². The lowest BCUT2D eigenvalue weighted by Crippen LogP contribution is -2.26. The van der Waals surface area contributed by atoms with Gasteiger partial charge in [-0.3, -0.25) is 9.69 Å². The van der Waals surface area contributed by atoms with Crippen LogP contribution in [0.15, 0.2) is 18.2 Å². The number of carbonyl (C=O) groups is 1. The molecule has 4 nitrogen and oxygen atoms in total. The third-order valence-corrected chi connectivity index (χ3v) is 2.32. The fourth-order valence-electron chi connectivity index (χ4n) is 1.49. The Morgan fingerprint density at radius 1 is 1.31 bits per heavy atom. The van der Waals surface area contributed by atoms with Crippen LogP contribution in [0.3, 0.4) is 0 Å². The van der Waals surface area contributed by atoms with Crippen LogP contribution in [0.1, 0.15) is 23.7 Å². The number of Topliss-reactive ketones (excluding diaryl/α,β-unsaturated/α-hetero) is 1. The van der Waals surface area contributed by atoms with Crippen molar-refractivity contribution >= 4 is 5.78 Å². The Hall–Kier alpha value is -1.55. The van der Waals surface area contributed by atoms with Gasteiger partial charge >= 0.3 is 0 Å². The minimum absolute atomic E-state index is 0.0637. The van der Waals surface area contributed by atoms with Crippen LogP contribution in [-0.2, 0) is 0 Å². The standard InChI is InChI=1S/C12H17NO3/c1-3-6-13(2)8-12(16)9-4-5-10(14)11(15)7-9/h4-5,7,14-15H,3,6,8H2,1-2H3. The zero-order valence-corrected chi connectivity index (χ0v) is 9.60. The largest absolute Gasteiger partial charge is 0.504 e. The molecule has 0 spiro atoms. The maximum atomic E-state index is 11.8. The molecule has 88 valence electrons. The number of carbonyl (C=O) groups excluding carboxylic acids is 1. The quantitative estimate of drug-likeness (QED) is 0.588. The molecule has 1 aromatic rings. The predicted octanol–water partition coefficient (Wildman–Crippen LogP) is 1.62. The van der Waals surface area contributed by atoms with Gasteiger partial charge in [0, 0.05) is 5.56 Å². The van der Waals surface area contributed by atoms with Crippen LogP contribution in [0, 0.1) is 0 Å². The number of phenolic OH excluding ortho intramolecular Hbond substituents is 2. The molecule has 16 heavy (non-hydrogen) atoms. The van der Waals surface area contributed by atoms with E-state index in [-0.39, 0.29) is 17.3 Å². The Morgan fingerprint density at radius 2 is 2.00 bits per heavy atom. The van der Waals surface area contributed by atoms with Gasteiger partial charge in [0.25, 0.3) is 0 Å². The maximum Gasteiger partial charge on any atom is 0.176 e. The first-order valence-corrected chi connectivity index (χ1v) is 5.28. The van der Waals surface area contributed by atoms with E-state index in [1.165, 1.54) is 18.2 Å². The minimum Gasteiger partial charge on any atom is -0.504 e. The summed E-state index contributed by atoms with van der Waals surface area (Å²) in [6.07, 6.45) is 0.991. The number of nitrogens with zero attached hydrogens (tertiary/aromatic N) is 1. The van der Waals surface area contributed by atoms with E-state index >= 15 is 0 Å². The second-order valence-corrected chi connectivity index (χ2v) is 3.86. The van der Waals surface area contributed by atoms with Gasteiger partial charge in [0.05, 0.1) is 6.54 Å². The zero-order chi connectivity index (χ0) is 12.1. The molecule has 0 unspecified atom stereocenters. The summed E-state index contributed by atoms with van der Waals surface area (Å²) in [7, 11) is 1.88. The fraction of sp³-hybridized carbons (Fsp3) is 0.417. The first-order chi connectivity index (χ1) is 7.54. The molecule has 0 radical (unpaired) electrons. The second kappa shape index (κ2) is 5.51. The number of rotatable bonds is 5. The molecule has 4 heteroatoms.